The van der Waals surface area contributed by atoms with E-state index in [1.807, 2.05) is 5.93 Å². The van der Waals surface area contributed by atoms with Crippen molar-refractivity contribution in [2.24, 2.45) is 16.2 Å². The van der Waals surface area contributed by atoms with E-state index < -0.39 is 30.0 Å². The van der Waals surface area contributed by atoms with Crippen LogP contribution in [0.15, 0.2) is 59.1 Å². The molecule has 0 heterocycles. The van der Waals surface area contributed by atoms with Gasteiger partial charge in [0.15, 0.2) is 0 Å². The molecule has 3 aliphatic rings. The SMILES string of the molecule is CC(C)(C)C1=[C]([La]([C]2=C(C(C)(C)C)C=CC2)[C]2=C(C(C)(C)C)C=CC2)CC=C1. The molecule has 0 atom stereocenters. The summed E-state index contributed by atoms with van der Waals surface area (Å²) in [6, 6.07) is 0. The summed E-state index contributed by atoms with van der Waals surface area (Å²) >= 11 is -2.53. The first-order chi connectivity index (χ1) is 12.8. The van der Waals surface area contributed by atoms with Crippen molar-refractivity contribution in [1.82, 2.24) is 0 Å². The molecular formula is C27H39La. The second-order valence-corrected chi connectivity index (χ2v) is 21.1. The van der Waals surface area contributed by atoms with E-state index in [4.69, 9.17) is 0 Å². The van der Waals surface area contributed by atoms with Crippen LogP contribution in [-0.4, -0.2) is 0 Å². The van der Waals surface area contributed by atoms with Gasteiger partial charge in [0.25, 0.3) is 0 Å². The molecule has 0 aromatic rings. The first kappa shape index (κ1) is 22.3. The van der Waals surface area contributed by atoms with Gasteiger partial charge in [-0.25, -0.2) is 0 Å². The van der Waals surface area contributed by atoms with E-state index in [1.165, 1.54) is 19.3 Å². The predicted molar refractivity (Wildman–Crippen MR) is 121 cm³/mol. The van der Waals surface area contributed by atoms with E-state index in [9.17, 15) is 0 Å². The predicted octanol–water partition coefficient (Wildman–Crippen LogP) is 8.39. The van der Waals surface area contributed by atoms with Crippen molar-refractivity contribution in [1.29, 1.82) is 0 Å². The zero-order valence-corrected chi connectivity index (χ0v) is 23.3. The first-order valence-corrected chi connectivity index (χ1v) is 16.5. The van der Waals surface area contributed by atoms with Crippen LogP contribution in [0.5, 0.6) is 0 Å². The van der Waals surface area contributed by atoms with Crippen molar-refractivity contribution < 1.29 is 30.0 Å². The summed E-state index contributed by atoms with van der Waals surface area (Å²) in [6.45, 7) is 21.6. The Hall–Kier alpha value is -0.365. The van der Waals surface area contributed by atoms with Crippen molar-refractivity contribution in [3.8, 4) is 0 Å². The maximum absolute atomic E-state index is 2.53. The van der Waals surface area contributed by atoms with Crippen molar-refractivity contribution in [3.05, 3.63) is 59.1 Å². The molecular weight excluding hydrogens is 463 g/mol. The van der Waals surface area contributed by atoms with E-state index in [2.05, 4.69) is 98.8 Å². The van der Waals surface area contributed by atoms with Crippen LogP contribution < -0.4 is 0 Å². The maximum atomic E-state index is 2.46. The summed E-state index contributed by atoms with van der Waals surface area (Å²) in [6.07, 6.45) is 18.3. The Kier molecular flexibility index (Phi) is 6.15. The minimum absolute atomic E-state index is 0.240. The quantitative estimate of drug-likeness (QED) is 0.364. The van der Waals surface area contributed by atoms with E-state index >= 15 is 0 Å². The summed E-state index contributed by atoms with van der Waals surface area (Å²) < 4.78 is 5.61. The van der Waals surface area contributed by atoms with E-state index in [-0.39, 0.29) is 16.2 Å². The van der Waals surface area contributed by atoms with Gasteiger partial charge in [0.2, 0.25) is 0 Å². The molecule has 3 aliphatic carbocycles. The third kappa shape index (κ3) is 4.37. The van der Waals surface area contributed by atoms with Gasteiger partial charge in [0, 0.05) is 0 Å². The Morgan fingerprint density at radius 2 is 0.750 bits per heavy atom. The Morgan fingerprint density at radius 3 is 0.964 bits per heavy atom. The molecule has 3 rings (SSSR count). The molecule has 150 valence electrons. The molecule has 0 bridgehead atoms. The molecule has 0 unspecified atom stereocenters. The normalized spacial score (nSPS) is 20.5. The van der Waals surface area contributed by atoms with Gasteiger partial charge >= 0.3 is 187 Å². The van der Waals surface area contributed by atoms with Crippen LogP contribution in [0.25, 0.3) is 0 Å². The Balaban J connectivity index is 2.27. The molecule has 0 spiro atoms. The van der Waals surface area contributed by atoms with Crippen LogP contribution in [0.4, 0.5) is 0 Å². The van der Waals surface area contributed by atoms with Gasteiger partial charge in [-0.1, -0.05) is 0 Å². The van der Waals surface area contributed by atoms with Crippen molar-refractivity contribution >= 4 is 0 Å². The Bertz CT molecular complexity index is 716. The molecule has 0 radical (unpaired) electrons. The summed E-state index contributed by atoms with van der Waals surface area (Å²) in [7, 11) is 0. The zero-order valence-electron chi connectivity index (χ0n) is 19.7. The van der Waals surface area contributed by atoms with Crippen LogP contribution in [0.3, 0.4) is 0 Å². The van der Waals surface area contributed by atoms with Crippen LogP contribution in [0.2, 0.25) is 0 Å². The van der Waals surface area contributed by atoms with Crippen LogP contribution in [-0.2, 0) is 0 Å². The average Bonchev–Trinajstić information content (AvgIpc) is 3.26. The van der Waals surface area contributed by atoms with E-state index in [1.54, 1.807) is 16.7 Å². The molecule has 0 fully saturated rings. The zero-order chi connectivity index (χ0) is 20.9. The third-order valence-corrected chi connectivity index (χ3v) is 18.1. The average molecular weight is 503 g/mol. The minimum atomic E-state index is -2.53. The molecule has 1 heteroatoms. The van der Waals surface area contributed by atoms with Gasteiger partial charge in [-0.3, -0.25) is 0 Å². The Labute approximate surface area is 185 Å². The standard InChI is InChI=1S/3C9H13.La/c3*1-9(2,3)8-6-4-5-7-8;/h3*4,6H,5H2,1-3H3;. The van der Waals surface area contributed by atoms with Gasteiger partial charge in [0.05, 0.1) is 0 Å². The molecule has 0 saturated heterocycles. The van der Waals surface area contributed by atoms with Gasteiger partial charge in [-0.05, 0) is 0 Å². The molecule has 0 saturated carbocycles. The summed E-state index contributed by atoms with van der Waals surface area (Å²) in [4.78, 5) is 0. The van der Waals surface area contributed by atoms with Gasteiger partial charge < -0.3 is 0 Å². The van der Waals surface area contributed by atoms with Gasteiger partial charge in [-0.15, -0.1) is 0 Å². The number of rotatable bonds is 3. The molecule has 0 nitrogen and oxygen atoms in total. The summed E-state index contributed by atoms with van der Waals surface area (Å²) in [5, 5.41) is 0. The van der Waals surface area contributed by atoms with Crippen molar-refractivity contribution in [3.63, 3.8) is 0 Å². The van der Waals surface area contributed by atoms with Crippen molar-refractivity contribution in [2.75, 3.05) is 0 Å². The second-order valence-electron chi connectivity index (χ2n) is 11.8. The van der Waals surface area contributed by atoms with E-state index in [0.29, 0.717) is 0 Å². The Morgan fingerprint density at radius 1 is 0.500 bits per heavy atom. The van der Waals surface area contributed by atoms with E-state index in [0.717, 1.165) is 0 Å². The van der Waals surface area contributed by atoms with Crippen LogP contribution in [0.1, 0.15) is 81.6 Å². The first-order valence-electron chi connectivity index (χ1n) is 11.0. The van der Waals surface area contributed by atoms with Gasteiger partial charge in [0.1, 0.15) is 0 Å². The molecule has 0 aromatic heterocycles. The summed E-state index contributed by atoms with van der Waals surface area (Å²) in [5.41, 5.74) is 5.68. The number of hydrogen-bond donors (Lipinski definition) is 0. The molecule has 0 aliphatic heterocycles. The molecule has 0 aromatic carbocycles. The third-order valence-electron chi connectivity index (χ3n) is 6.37. The molecule has 28 heavy (non-hydrogen) atoms. The fourth-order valence-corrected chi connectivity index (χ4v) is 20.6. The fourth-order valence-electron chi connectivity index (χ4n) is 5.21. The fraction of sp³-hybridized carbons (Fsp3) is 0.556. The number of allylic oxidation sites excluding steroid dienone is 12. The number of hydrogen-bond acceptors (Lipinski definition) is 0. The monoisotopic (exact) mass is 502 g/mol. The molecule has 0 amide bonds. The van der Waals surface area contributed by atoms with Crippen molar-refractivity contribution in [2.45, 2.75) is 81.6 Å². The van der Waals surface area contributed by atoms with Crippen LogP contribution in [0, 0.1) is 46.2 Å². The topological polar surface area (TPSA) is 0 Å². The summed E-state index contributed by atoms with van der Waals surface area (Å²) in [5.74, 6) is 0. The van der Waals surface area contributed by atoms with Gasteiger partial charge in [-0.2, -0.15) is 0 Å². The molecule has 0 N–H and O–H groups in total. The second kappa shape index (κ2) is 7.71. The van der Waals surface area contributed by atoms with Crippen LogP contribution >= 0.6 is 0 Å².